The Morgan fingerprint density at radius 3 is 2.21 bits per heavy atom. The van der Waals surface area contributed by atoms with Crippen LogP contribution in [0.4, 0.5) is 11.4 Å². The van der Waals surface area contributed by atoms with E-state index < -0.39 is 39.0 Å². The Morgan fingerprint density at radius 1 is 1.03 bits per heavy atom. The summed E-state index contributed by atoms with van der Waals surface area (Å²) in [6.07, 6.45) is -1.34. The zero-order valence-corrected chi connectivity index (χ0v) is 19.0. The summed E-state index contributed by atoms with van der Waals surface area (Å²) in [4.78, 5) is 35.0. The summed E-state index contributed by atoms with van der Waals surface area (Å²) in [5, 5.41) is 13.4. The highest BCUT2D eigenvalue weighted by molar-refractivity contribution is 7.89. The molecule has 178 valence electrons. The Balaban J connectivity index is 2.03. The van der Waals surface area contributed by atoms with Gasteiger partial charge in [-0.3, -0.25) is 19.7 Å². The third-order valence-electron chi connectivity index (χ3n) is 4.37. The first kappa shape index (κ1) is 25.5. The Bertz CT molecular complexity index is 1130. The molecule has 2 rings (SSSR count). The van der Waals surface area contributed by atoms with Gasteiger partial charge in [0.25, 0.3) is 11.6 Å². The van der Waals surface area contributed by atoms with E-state index in [0.29, 0.717) is 5.75 Å². The van der Waals surface area contributed by atoms with Gasteiger partial charge in [-0.1, -0.05) is 0 Å². The molecule has 2 aromatic carbocycles. The summed E-state index contributed by atoms with van der Waals surface area (Å²) in [5.74, 6) is -1.18. The van der Waals surface area contributed by atoms with E-state index >= 15 is 0 Å². The molecule has 0 spiro atoms. The molecule has 0 aromatic heterocycles. The number of hydrogen-bond donors (Lipinski definition) is 2. The van der Waals surface area contributed by atoms with Gasteiger partial charge in [0.05, 0.1) is 29.7 Å². The van der Waals surface area contributed by atoms with Crippen LogP contribution in [0.15, 0.2) is 47.4 Å². The summed E-state index contributed by atoms with van der Waals surface area (Å²) in [6, 6.07) is 7.81. The Hall–Kier alpha value is -3.71. The lowest BCUT2D eigenvalue weighted by molar-refractivity contribution is -0.384. The lowest BCUT2D eigenvalue weighted by atomic mass is 10.2. The minimum Gasteiger partial charge on any atom is -0.497 e. The zero-order chi connectivity index (χ0) is 24.8. The molecule has 0 aliphatic rings. The van der Waals surface area contributed by atoms with Crippen LogP contribution < -0.4 is 19.5 Å². The number of carbonyl (C=O) groups excluding carboxylic acids is 2. The summed E-state index contributed by atoms with van der Waals surface area (Å²) in [5.41, 5.74) is -0.273. The van der Waals surface area contributed by atoms with Crippen LogP contribution in [0.3, 0.4) is 0 Å². The van der Waals surface area contributed by atoms with Crippen molar-refractivity contribution in [3.05, 3.63) is 52.6 Å². The van der Waals surface area contributed by atoms with Gasteiger partial charge in [0.2, 0.25) is 10.0 Å². The molecule has 0 heterocycles. The molecule has 2 aromatic rings. The number of methoxy groups -OCH3 is 2. The molecule has 0 aliphatic heterocycles. The van der Waals surface area contributed by atoms with Gasteiger partial charge in [0, 0.05) is 12.1 Å². The van der Waals surface area contributed by atoms with Gasteiger partial charge >= 0.3 is 5.97 Å². The van der Waals surface area contributed by atoms with Crippen molar-refractivity contribution in [1.29, 1.82) is 0 Å². The molecule has 33 heavy (non-hydrogen) atoms. The van der Waals surface area contributed by atoms with E-state index in [1.807, 2.05) is 0 Å². The Morgan fingerprint density at radius 2 is 1.67 bits per heavy atom. The molecule has 1 unspecified atom stereocenters. The molecule has 2 atom stereocenters. The summed E-state index contributed by atoms with van der Waals surface area (Å²) >= 11 is 0. The van der Waals surface area contributed by atoms with E-state index in [9.17, 15) is 28.1 Å². The van der Waals surface area contributed by atoms with Crippen LogP contribution in [0.25, 0.3) is 0 Å². The van der Waals surface area contributed by atoms with Crippen LogP contribution >= 0.6 is 0 Å². The minimum absolute atomic E-state index is 0.00727. The molecule has 13 heteroatoms. The van der Waals surface area contributed by atoms with Gasteiger partial charge in [0.1, 0.15) is 17.5 Å². The molecule has 1 amide bonds. The number of ether oxygens (including phenoxy) is 3. The van der Waals surface area contributed by atoms with Crippen molar-refractivity contribution < 1.29 is 37.1 Å². The van der Waals surface area contributed by atoms with Crippen LogP contribution in [-0.4, -0.2) is 51.6 Å². The molecule has 0 saturated carbocycles. The highest BCUT2D eigenvalue weighted by Gasteiger charge is 2.27. The first-order chi connectivity index (χ1) is 15.5. The first-order valence-corrected chi connectivity index (χ1v) is 11.0. The topological polar surface area (TPSA) is 163 Å². The fourth-order valence-corrected chi connectivity index (χ4v) is 3.77. The van der Waals surface area contributed by atoms with Gasteiger partial charge in [-0.05, 0) is 44.2 Å². The molecule has 0 aliphatic carbocycles. The maximum atomic E-state index is 12.5. The number of sulfonamides is 1. The molecule has 2 N–H and O–H groups in total. The Labute approximate surface area is 190 Å². The second-order valence-corrected chi connectivity index (χ2v) is 8.44. The fraction of sp³-hybridized carbons (Fsp3) is 0.300. The smallest absolute Gasteiger partial charge is 0.324 e. The number of hydrogen-bond acceptors (Lipinski definition) is 9. The number of non-ortho nitro benzene ring substituents is 1. The van der Waals surface area contributed by atoms with Crippen molar-refractivity contribution in [1.82, 2.24) is 4.72 Å². The van der Waals surface area contributed by atoms with E-state index in [1.54, 1.807) is 0 Å². The predicted molar refractivity (Wildman–Crippen MR) is 117 cm³/mol. The molecule has 0 fully saturated rings. The lowest BCUT2D eigenvalue weighted by Gasteiger charge is -2.18. The van der Waals surface area contributed by atoms with Crippen LogP contribution in [0.5, 0.6) is 11.5 Å². The van der Waals surface area contributed by atoms with E-state index in [1.165, 1.54) is 64.5 Å². The zero-order valence-electron chi connectivity index (χ0n) is 18.2. The Kier molecular flexibility index (Phi) is 8.32. The number of nitrogens with one attached hydrogen (secondary N) is 2. The SMILES string of the molecule is COc1ccc(S(=O)(=O)N[C@@H](C)C(=O)OC(C)C(=O)Nc2cc([N+](=O)[O-])ccc2OC)cc1. The highest BCUT2D eigenvalue weighted by Crippen LogP contribution is 2.29. The van der Waals surface area contributed by atoms with Crippen molar-refractivity contribution in [3.8, 4) is 11.5 Å². The average molecular weight is 481 g/mol. The summed E-state index contributed by atoms with van der Waals surface area (Å²) in [6.45, 7) is 2.53. The third kappa shape index (κ3) is 6.63. The quantitative estimate of drug-likeness (QED) is 0.293. The number of amides is 1. The van der Waals surface area contributed by atoms with E-state index in [-0.39, 0.29) is 22.0 Å². The van der Waals surface area contributed by atoms with Crippen molar-refractivity contribution in [2.24, 2.45) is 0 Å². The van der Waals surface area contributed by atoms with Gasteiger partial charge in [-0.25, -0.2) is 8.42 Å². The van der Waals surface area contributed by atoms with E-state index in [4.69, 9.17) is 14.2 Å². The average Bonchev–Trinajstić information content (AvgIpc) is 2.78. The van der Waals surface area contributed by atoms with Crippen molar-refractivity contribution in [2.75, 3.05) is 19.5 Å². The normalized spacial score (nSPS) is 12.8. The lowest BCUT2D eigenvalue weighted by Crippen LogP contribution is -2.42. The monoisotopic (exact) mass is 481 g/mol. The number of esters is 1. The number of benzene rings is 2. The van der Waals surface area contributed by atoms with Crippen LogP contribution in [0.2, 0.25) is 0 Å². The molecule has 0 saturated heterocycles. The standard InChI is InChI=1S/C20H23N3O9S/c1-12(22-33(28,29)16-8-6-15(30-3)7-9-16)20(25)32-13(2)19(24)21-17-11-14(23(26)27)5-10-18(17)31-4/h5-13,22H,1-4H3,(H,21,24)/t12-,13?/m0/s1. The maximum absolute atomic E-state index is 12.5. The second kappa shape index (κ2) is 10.7. The molecule has 0 radical (unpaired) electrons. The van der Waals surface area contributed by atoms with E-state index in [0.717, 1.165) is 6.07 Å². The number of rotatable bonds is 10. The highest BCUT2D eigenvalue weighted by atomic mass is 32.2. The van der Waals surface area contributed by atoms with Crippen molar-refractivity contribution in [2.45, 2.75) is 30.9 Å². The largest absolute Gasteiger partial charge is 0.497 e. The number of nitro benzene ring substituents is 1. The van der Waals surface area contributed by atoms with Crippen molar-refractivity contribution in [3.63, 3.8) is 0 Å². The van der Waals surface area contributed by atoms with Crippen LogP contribution in [0.1, 0.15) is 13.8 Å². The maximum Gasteiger partial charge on any atom is 0.324 e. The second-order valence-electron chi connectivity index (χ2n) is 6.73. The van der Waals surface area contributed by atoms with Crippen LogP contribution in [-0.2, 0) is 24.3 Å². The van der Waals surface area contributed by atoms with Gasteiger partial charge in [0.15, 0.2) is 6.10 Å². The third-order valence-corrected chi connectivity index (χ3v) is 5.93. The van der Waals surface area contributed by atoms with Crippen molar-refractivity contribution >= 4 is 33.3 Å². The fourth-order valence-electron chi connectivity index (χ4n) is 2.58. The molecule has 12 nitrogen and oxygen atoms in total. The minimum atomic E-state index is -4.04. The number of nitro groups is 1. The summed E-state index contributed by atoms with van der Waals surface area (Å²) in [7, 11) is -1.29. The molecular weight excluding hydrogens is 458 g/mol. The van der Waals surface area contributed by atoms with E-state index in [2.05, 4.69) is 10.0 Å². The van der Waals surface area contributed by atoms with Crippen LogP contribution in [0, 0.1) is 10.1 Å². The number of nitrogens with zero attached hydrogens (tertiary/aromatic N) is 1. The molecule has 0 bridgehead atoms. The molecular formula is C20H23N3O9S. The number of carbonyl (C=O) groups is 2. The summed E-state index contributed by atoms with van der Waals surface area (Å²) < 4.78 is 42.2. The predicted octanol–water partition coefficient (Wildman–Crippen LogP) is 1.85. The number of anilines is 1. The van der Waals surface area contributed by atoms with Gasteiger partial charge < -0.3 is 19.5 Å². The van der Waals surface area contributed by atoms with Gasteiger partial charge in [-0.2, -0.15) is 4.72 Å². The first-order valence-electron chi connectivity index (χ1n) is 9.48. The van der Waals surface area contributed by atoms with Gasteiger partial charge in [-0.15, -0.1) is 0 Å².